The average Bonchev–Trinajstić information content (AvgIpc) is 2.34. The van der Waals surface area contributed by atoms with Gasteiger partial charge in [-0.1, -0.05) is 19.9 Å². The number of rotatable bonds is 4. The Morgan fingerprint density at radius 1 is 1.24 bits per heavy atom. The van der Waals surface area contributed by atoms with Gasteiger partial charge in [-0.3, -0.25) is 4.79 Å². The van der Waals surface area contributed by atoms with E-state index in [4.69, 9.17) is 5.73 Å². The van der Waals surface area contributed by atoms with E-state index in [0.717, 1.165) is 0 Å². The zero-order valence-corrected chi connectivity index (χ0v) is 10.3. The summed E-state index contributed by atoms with van der Waals surface area (Å²) in [5.74, 6) is -2.63. The number of ketones is 1. The van der Waals surface area contributed by atoms with Gasteiger partial charge in [0.25, 0.3) is 0 Å². The molecule has 0 atom stereocenters. The molecule has 1 aromatic rings. The molecule has 0 heterocycles. The highest BCUT2D eigenvalue weighted by Crippen LogP contribution is 2.23. The Balaban J connectivity index is 3.27. The van der Waals surface area contributed by atoms with E-state index >= 15 is 0 Å². The molecule has 0 aromatic heterocycles. The predicted molar refractivity (Wildman–Crippen MR) is 62.9 cm³/mol. The maximum atomic E-state index is 13.7. The molecule has 0 unspecified atom stereocenters. The Kier molecular flexibility index (Phi) is 3.98. The smallest absolute Gasteiger partial charge is 0.185 e. The minimum atomic E-state index is -1.12. The van der Waals surface area contributed by atoms with Crippen molar-refractivity contribution in [3.05, 3.63) is 34.9 Å². The molecule has 1 aromatic carbocycles. The fraction of sp³-hybridized carbons (Fsp3) is 0.462. The molecule has 0 aliphatic rings. The van der Waals surface area contributed by atoms with Gasteiger partial charge in [-0.2, -0.15) is 0 Å². The van der Waals surface area contributed by atoms with Crippen LogP contribution in [0.1, 0.15) is 42.6 Å². The lowest BCUT2D eigenvalue weighted by Gasteiger charge is -2.25. The molecule has 4 heteroatoms. The van der Waals surface area contributed by atoms with Crippen LogP contribution in [0.5, 0.6) is 0 Å². The minimum Gasteiger partial charge on any atom is -0.319 e. The highest BCUT2D eigenvalue weighted by atomic mass is 19.2. The maximum Gasteiger partial charge on any atom is 0.185 e. The van der Waals surface area contributed by atoms with E-state index in [1.165, 1.54) is 19.1 Å². The number of nitrogens with two attached hydrogens (primary N) is 1. The molecule has 17 heavy (non-hydrogen) atoms. The Bertz CT molecular complexity index is 439. The third kappa shape index (κ3) is 2.36. The van der Waals surface area contributed by atoms with E-state index in [1.54, 1.807) is 13.8 Å². The first-order valence-corrected chi connectivity index (χ1v) is 5.65. The number of benzene rings is 1. The molecule has 2 N–H and O–H groups in total. The SMILES string of the molecule is CCC(N)(CC)C(=O)c1ccc(C)c(F)c1F. The van der Waals surface area contributed by atoms with Gasteiger partial charge in [0.15, 0.2) is 17.4 Å². The zero-order chi connectivity index (χ0) is 13.2. The van der Waals surface area contributed by atoms with E-state index in [2.05, 4.69) is 0 Å². The zero-order valence-electron chi connectivity index (χ0n) is 10.3. The fourth-order valence-electron chi connectivity index (χ4n) is 1.66. The third-order valence-electron chi connectivity index (χ3n) is 3.23. The van der Waals surface area contributed by atoms with Crippen LogP contribution < -0.4 is 5.73 Å². The number of hydrogen-bond donors (Lipinski definition) is 1. The summed E-state index contributed by atoms with van der Waals surface area (Å²) in [6.45, 7) is 4.95. The quantitative estimate of drug-likeness (QED) is 0.823. The number of hydrogen-bond acceptors (Lipinski definition) is 2. The van der Waals surface area contributed by atoms with Crippen molar-refractivity contribution in [2.45, 2.75) is 39.2 Å². The molecule has 0 bridgehead atoms. The Labute approximate surface area is 99.8 Å². The van der Waals surface area contributed by atoms with E-state index in [1.807, 2.05) is 0 Å². The normalized spacial score (nSPS) is 11.6. The van der Waals surface area contributed by atoms with Crippen LogP contribution in [0.2, 0.25) is 0 Å². The summed E-state index contributed by atoms with van der Waals surface area (Å²) in [6, 6.07) is 2.68. The molecule has 0 saturated carbocycles. The van der Waals surface area contributed by atoms with E-state index in [0.29, 0.717) is 12.8 Å². The van der Waals surface area contributed by atoms with Gasteiger partial charge >= 0.3 is 0 Å². The van der Waals surface area contributed by atoms with Gasteiger partial charge in [0.1, 0.15) is 0 Å². The van der Waals surface area contributed by atoms with Crippen LogP contribution in [-0.4, -0.2) is 11.3 Å². The second-order valence-corrected chi connectivity index (χ2v) is 4.25. The van der Waals surface area contributed by atoms with Gasteiger partial charge in [-0.15, -0.1) is 0 Å². The van der Waals surface area contributed by atoms with Crippen LogP contribution in [0.25, 0.3) is 0 Å². The van der Waals surface area contributed by atoms with Gasteiger partial charge in [-0.05, 0) is 31.4 Å². The monoisotopic (exact) mass is 241 g/mol. The van der Waals surface area contributed by atoms with Crippen molar-refractivity contribution in [3.63, 3.8) is 0 Å². The largest absolute Gasteiger partial charge is 0.319 e. The summed E-state index contributed by atoms with van der Waals surface area (Å²) in [4.78, 5) is 12.1. The molecule has 0 fully saturated rings. The molecule has 0 aliphatic carbocycles. The molecular weight excluding hydrogens is 224 g/mol. The summed E-state index contributed by atoms with van der Waals surface area (Å²) in [6.07, 6.45) is 0.772. The van der Waals surface area contributed by atoms with Crippen LogP contribution >= 0.6 is 0 Å². The molecule has 1 rings (SSSR count). The number of halogens is 2. The van der Waals surface area contributed by atoms with E-state index in [-0.39, 0.29) is 11.1 Å². The summed E-state index contributed by atoms with van der Waals surface area (Å²) < 4.78 is 27.0. The summed E-state index contributed by atoms with van der Waals surface area (Å²) in [5, 5.41) is 0. The maximum absolute atomic E-state index is 13.7. The van der Waals surface area contributed by atoms with Crippen LogP contribution in [0.4, 0.5) is 8.78 Å². The second kappa shape index (κ2) is 4.92. The van der Waals surface area contributed by atoms with Crippen LogP contribution in [0, 0.1) is 18.6 Å². The van der Waals surface area contributed by atoms with E-state index in [9.17, 15) is 13.6 Å². The summed E-state index contributed by atoms with van der Waals surface area (Å²) >= 11 is 0. The molecule has 0 radical (unpaired) electrons. The number of carbonyl (C=O) groups excluding carboxylic acids is 1. The van der Waals surface area contributed by atoms with Gasteiger partial charge in [-0.25, -0.2) is 8.78 Å². The van der Waals surface area contributed by atoms with Gasteiger partial charge < -0.3 is 5.73 Å². The highest BCUT2D eigenvalue weighted by Gasteiger charge is 2.33. The topological polar surface area (TPSA) is 43.1 Å². The molecule has 0 amide bonds. The lowest BCUT2D eigenvalue weighted by atomic mass is 9.85. The first-order valence-electron chi connectivity index (χ1n) is 5.65. The lowest BCUT2D eigenvalue weighted by Crippen LogP contribution is -2.47. The van der Waals surface area contributed by atoms with Crippen molar-refractivity contribution in [2.24, 2.45) is 5.73 Å². The van der Waals surface area contributed by atoms with Crippen molar-refractivity contribution >= 4 is 5.78 Å². The first-order chi connectivity index (χ1) is 7.87. The van der Waals surface area contributed by atoms with Crippen molar-refractivity contribution in [3.8, 4) is 0 Å². The Morgan fingerprint density at radius 3 is 2.24 bits per heavy atom. The fourth-order valence-corrected chi connectivity index (χ4v) is 1.66. The Morgan fingerprint density at radius 2 is 1.76 bits per heavy atom. The molecule has 0 aliphatic heterocycles. The number of carbonyl (C=O) groups is 1. The van der Waals surface area contributed by atoms with Crippen molar-refractivity contribution in [1.29, 1.82) is 0 Å². The summed E-state index contributed by atoms with van der Waals surface area (Å²) in [5.41, 5.74) is 4.68. The van der Waals surface area contributed by atoms with E-state index < -0.39 is 23.0 Å². The van der Waals surface area contributed by atoms with Gasteiger partial charge in [0, 0.05) is 0 Å². The first kappa shape index (κ1) is 13.8. The van der Waals surface area contributed by atoms with Crippen molar-refractivity contribution in [2.75, 3.05) is 0 Å². The standard InChI is InChI=1S/C13H17F2NO/c1-4-13(16,5-2)12(17)9-7-6-8(3)10(14)11(9)15/h6-7H,4-5,16H2,1-3H3. The van der Waals surface area contributed by atoms with Crippen LogP contribution in [-0.2, 0) is 0 Å². The lowest BCUT2D eigenvalue weighted by molar-refractivity contribution is 0.0874. The average molecular weight is 241 g/mol. The minimum absolute atomic E-state index is 0.176. The van der Waals surface area contributed by atoms with Crippen molar-refractivity contribution < 1.29 is 13.6 Å². The highest BCUT2D eigenvalue weighted by molar-refractivity contribution is 6.03. The second-order valence-electron chi connectivity index (χ2n) is 4.25. The number of Topliss-reactive ketones (excluding diaryl/α,β-unsaturated/α-hetero) is 1. The molecular formula is C13H17F2NO. The summed E-state index contributed by atoms with van der Waals surface area (Å²) in [7, 11) is 0. The molecule has 94 valence electrons. The predicted octanol–water partition coefficient (Wildman–Crippen LogP) is 2.97. The van der Waals surface area contributed by atoms with Gasteiger partial charge in [0.05, 0.1) is 11.1 Å². The Hall–Kier alpha value is -1.29. The third-order valence-corrected chi connectivity index (χ3v) is 3.23. The van der Waals surface area contributed by atoms with Crippen molar-refractivity contribution in [1.82, 2.24) is 0 Å². The van der Waals surface area contributed by atoms with Crippen LogP contribution in [0.15, 0.2) is 12.1 Å². The van der Waals surface area contributed by atoms with Gasteiger partial charge in [0.2, 0.25) is 0 Å². The molecule has 2 nitrogen and oxygen atoms in total. The van der Waals surface area contributed by atoms with Crippen LogP contribution in [0.3, 0.4) is 0 Å². The number of aryl methyl sites for hydroxylation is 1. The molecule has 0 saturated heterocycles. The molecule has 0 spiro atoms.